The topological polar surface area (TPSA) is 66.5 Å². The number of aryl methyl sites for hydroxylation is 1. The lowest BCUT2D eigenvalue weighted by Gasteiger charge is -2.36. The molecule has 1 aliphatic heterocycles. The highest BCUT2D eigenvalue weighted by molar-refractivity contribution is 7.89. The van der Waals surface area contributed by atoms with Gasteiger partial charge in [0.2, 0.25) is 15.9 Å². The Labute approximate surface area is 151 Å². The van der Waals surface area contributed by atoms with Crippen molar-refractivity contribution >= 4 is 15.9 Å². The fourth-order valence-corrected chi connectivity index (χ4v) is 4.90. The molecule has 1 saturated heterocycles. The molecule has 5 nitrogen and oxygen atoms in total. The summed E-state index contributed by atoms with van der Waals surface area (Å²) in [6, 6.07) is 6.97. The zero-order valence-electron chi connectivity index (χ0n) is 15.5. The predicted octanol–water partition coefficient (Wildman–Crippen LogP) is 2.95. The van der Waals surface area contributed by atoms with Crippen molar-refractivity contribution in [2.75, 3.05) is 13.1 Å². The summed E-state index contributed by atoms with van der Waals surface area (Å²) in [4.78, 5) is 12.6. The number of benzene rings is 1. The molecule has 0 aromatic heterocycles. The van der Waals surface area contributed by atoms with Gasteiger partial charge in [-0.25, -0.2) is 8.42 Å². The van der Waals surface area contributed by atoms with Gasteiger partial charge in [-0.2, -0.15) is 4.31 Å². The van der Waals surface area contributed by atoms with Crippen LogP contribution in [0.3, 0.4) is 0 Å². The minimum absolute atomic E-state index is 0.0260. The number of nitrogens with one attached hydrogen (secondary N) is 1. The third kappa shape index (κ3) is 4.82. The number of hydrogen-bond acceptors (Lipinski definition) is 3. The van der Waals surface area contributed by atoms with Gasteiger partial charge < -0.3 is 5.32 Å². The number of rotatable bonds is 7. The van der Waals surface area contributed by atoms with Gasteiger partial charge in [-0.15, -0.1) is 0 Å². The average molecular weight is 367 g/mol. The first-order chi connectivity index (χ1) is 11.9. The van der Waals surface area contributed by atoms with Crippen LogP contribution in [0.5, 0.6) is 0 Å². The number of piperidine rings is 1. The molecule has 2 unspecified atom stereocenters. The summed E-state index contributed by atoms with van der Waals surface area (Å²) in [5, 5.41) is 2.93. The molecule has 25 heavy (non-hydrogen) atoms. The van der Waals surface area contributed by atoms with Gasteiger partial charge in [0.15, 0.2) is 0 Å². The van der Waals surface area contributed by atoms with Crippen molar-refractivity contribution in [3.8, 4) is 0 Å². The molecule has 2 atom stereocenters. The number of sulfonamides is 1. The van der Waals surface area contributed by atoms with Crippen molar-refractivity contribution in [1.82, 2.24) is 9.62 Å². The van der Waals surface area contributed by atoms with Crippen LogP contribution >= 0.6 is 0 Å². The molecular formula is C19H30N2O3S. The van der Waals surface area contributed by atoms with Crippen molar-refractivity contribution in [1.29, 1.82) is 0 Å². The van der Waals surface area contributed by atoms with Gasteiger partial charge in [0.05, 0.1) is 10.8 Å². The molecule has 140 valence electrons. The first-order valence-corrected chi connectivity index (χ1v) is 10.7. The summed E-state index contributed by atoms with van der Waals surface area (Å²) in [7, 11) is -3.57. The van der Waals surface area contributed by atoms with E-state index in [1.54, 1.807) is 12.1 Å². The van der Waals surface area contributed by atoms with E-state index in [1.807, 2.05) is 26.0 Å². The summed E-state index contributed by atoms with van der Waals surface area (Å²) in [6.07, 6.45) is 4.29. The van der Waals surface area contributed by atoms with Crippen molar-refractivity contribution in [2.45, 2.75) is 63.8 Å². The van der Waals surface area contributed by atoms with Crippen LogP contribution in [0.4, 0.5) is 0 Å². The lowest BCUT2D eigenvalue weighted by atomic mass is 9.94. The predicted molar refractivity (Wildman–Crippen MR) is 99.8 cm³/mol. The van der Waals surface area contributed by atoms with Crippen LogP contribution in [0.1, 0.15) is 52.0 Å². The highest BCUT2D eigenvalue weighted by Gasteiger charge is 2.37. The van der Waals surface area contributed by atoms with Crippen molar-refractivity contribution in [3.63, 3.8) is 0 Å². The minimum Gasteiger partial charge on any atom is -0.356 e. The molecule has 1 aliphatic rings. The number of amides is 1. The maximum Gasteiger partial charge on any atom is 0.243 e. The Morgan fingerprint density at radius 3 is 2.48 bits per heavy atom. The minimum atomic E-state index is -3.57. The highest BCUT2D eigenvalue weighted by Crippen LogP contribution is 2.28. The lowest BCUT2D eigenvalue weighted by Crippen LogP contribution is -2.49. The van der Waals surface area contributed by atoms with E-state index in [2.05, 4.69) is 12.2 Å². The molecule has 1 amide bonds. The molecule has 6 heteroatoms. The van der Waals surface area contributed by atoms with Gasteiger partial charge >= 0.3 is 0 Å². The lowest BCUT2D eigenvalue weighted by molar-refractivity contribution is -0.126. The average Bonchev–Trinajstić information content (AvgIpc) is 2.62. The van der Waals surface area contributed by atoms with Crippen molar-refractivity contribution in [2.24, 2.45) is 5.92 Å². The first-order valence-electron chi connectivity index (χ1n) is 9.28. The largest absolute Gasteiger partial charge is 0.356 e. The standard InChI is InChI=1S/C19H30N2O3S/c1-4-6-13-20-19(22)17-10-7-15(3)21(14-17)25(23,24)18-11-8-16(5-2)9-12-18/h8-9,11-12,15,17H,4-7,10,13-14H2,1-3H3,(H,20,22). The van der Waals surface area contributed by atoms with Gasteiger partial charge in [-0.1, -0.05) is 32.4 Å². The van der Waals surface area contributed by atoms with Gasteiger partial charge in [-0.3, -0.25) is 4.79 Å². The van der Waals surface area contributed by atoms with Gasteiger partial charge in [0.1, 0.15) is 0 Å². The number of nitrogens with zero attached hydrogens (tertiary/aromatic N) is 1. The fraction of sp³-hybridized carbons (Fsp3) is 0.632. The molecule has 1 N–H and O–H groups in total. The SMILES string of the molecule is CCCCNC(=O)C1CCC(C)N(S(=O)(=O)c2ccc(CC)cc2)C1. The molecule has 0 radical (unpaired) electrons. The Morgan fingerprint density at radius 1 is 1.20 bits per heavy atom. The van der Waals surface area contributed by atoms with E-state index in [-0.39, 0.29) is 24.4 Å². The molecule has 2 rings (SSSR count). The fourth-order valence-electron chi connectivity index (χ4n) is 3.19. The van der Waals surface area contributed by atoms with Gasteiger partial charge in [0.25, 0.3) is 0 Å². The van der Waals surface area contributed by atoms with Crippen molar-refractivity contribution in [3.05, 3.63) is 29.8 Å². The summed E-state index contributed by atoms with van der Waals surface area (Å²) in [6.45, 7) is 6.96. The number of unbranched alkanes of at least 4 members (excludes halogenated alkanes) is 1. The molecule has 1 fully saturated rings. The van der Waals surface area contributed by atoms with Crippen LogP contribution < -0.4 is 5.32 Å². The second-order valence-electron chi connectivity index (χ2n) is 6.84. The van der Waals surface area contributed by atoms with E-state index in [9.17, 15) is 13.2 Å². The van der Waals surface area contributed by atoms with Crippen LogP contribution in [0.15, 0.2) is 29.2 Å². The molecule has 1 aromatic carbocycles. The van der Waals surface area contributed by atoms with Crippen LogP contribution in [0.2, 0.25) is 0 Å². The second-order valence-corrected chi connectivity index (χ2v) is 8.73. The maximum atomic E-state index is 13.0. The molecule has 0 aliphatic carbocycles. The molecule has 0 saturated carbocycles. The maximum absolute atomic E-state index is 13.0. The zero-order chi connectivity index (χ0) is 18.4. The normalized spacial score (nSPS) is 21.9. The van der Waals surface area contributed by atoms with Crippen molar-refractivity contribution < 1.29 is 13.2 Å². The first kappa shape index (κ1) is 19.9. The van der Waals surface area contributed by atoms with E-state index >= 15 is 0 Å². The van der Waals surface area contributed by atoms with E-state index in [0.717, 1.165) is 31.2 Å². The smallest absolute Gasteiger partial charge is 0.243 e. The Morgan fingerprint density at radius 2 is 1.88 bits per heavy atom. The molecule has 0 bridgehead atoms. The monoisotopic (exact) mass is 366 g/mol. The number of carbonyl (C=O) groups is 1. The molecule has 1 heterocycles. The quantitative estimate of drug-likeness (QED) is 0.755. The Hall–Kier alpha value is -1.40. The second kappa shape index (κ2) is 8.81. The summed E-state index contributed by atoms with van der Waals surface area (Å²) >= 11 is 0. The Balaban J connectivity index is 2.13. The number of hydrogen-bond donors (Lipinski definition) is 1. The zero-order valence-corrected chi connectivity index (χ0v) is 16.3. The van der Waals surface area contributed by atoms with Crippen LogP contribution in [0.25, 0.3) is 0 Å². The van der Waals surface area contributed by atoms with E-state index in [1.165, 1.54) is 4.31 Å². The van der Waals surface area contributed by atoms with Gasteiger partial charge in [-0.05, 0) is 50.3 Å². The number of carbonyl (C=O) groups excluding carboxylic acids is 1. The van der Waals surface area contributed by atoms with E-state index in [0.29, 0.717) is 17.9 Å². The van der Waals surface area contributed by atoms with E-state index < -0.39 is 10.0 Å². The van der Waals surface area contributed by atoms with Gasteiger partial charge in [0, 0.05) is 19.1 Å². The Kier molecular flexibility index (Phi) is 7.02. The molecule has 1 aromatic rings. The van der Waals surface area contributed by atoms with Crippen LogP contribution in [-0.4, -0.2) is 37.8 Å². The third-order valence-electron chi connectivity index (χ3n) is 4.96. The third-order valence-corrected chi connectivity index (χ3v) is 6.96. The highest BCUT2D eigenvalue weighted by atomic mass is 32.2. The summed E-state index contributed by atoms with van der Waals surface area (Å²) < 4.78 is 27.5. The van der Waals surface area contributed by atoms with Crippen LogP contribution in [0, 0.1) is 5.92 Å². The Bertz CT molecular complexity index is 670. The molecular weight excluding hydrogens is 336 g/mol. The summed E-state index contributed by atoms with van der Waals surface area (Å²) in [5.74, 6) is -0.292. The molecule has 0 spiro atoms. The van der Waals surface area contributed by atoms with Crippen LogP contribution in [-0.2, 0) is 21.2 Å². The van der Waals surface area contributed by atoms with E-state index in [4.69, 9.17) is 0 Å². The summed E-state index contributed by atoms with van der Waals surface area (Å²) in [5.41, 5.74) is 1.11.